The molecule has 0 aromatic rings. The van der Waals surface area contributed by atoms with E-state index >= 15 is 0 Å². The predicted octanol–water partition coefficient (Wildman–Crippen LogP) is 12.8. The van der Waals surface area contributed by atoms with Crippen LogP contribution in [0.25, 0.3) is 0 Å². The van der Waals surface area contributed by atoms with Gasteiger partial charge in [0, 0.05) is 19.3 Å². The first-order chi connectivity index (χ1) is 23.4. The van der Waals surface area contributed by atoms with Crippen molar-refractivity contribution in [1.82, 2.24) is 0 Å². The molecule has 0 aromatic heterocycles. The van der Waals surface area contributed by atoms with Crippen molar-refractivity contribution in [3.63, 3.8) is 0 Å². The maximum Gasteiger partial charge on any atom is 0.306 e. The van der Waals surface area contributed by atoms with Crippen LogP contribution >= 0.6 is 0 Å². The highest BCUT2D eigenvalue weighted by Crippen LogP contribution is 2.17. The largest absolute Gasteiger partial charge is 0.462 e. The molecule has 0 aliphatic rings. The van der Waals surface area contributed by atoms with Crippen molar-refractivity contribution in [2.75, 3.05) is 13.2 Å². The zero-order valence-electron chi connectivity index (χ0n) is 32.4. The first-order valence-corrected chi connectivity index (χ1v) is 20.9. The van der Waals surface area contributed by atoms with Crippen LogP contribution in [0.2, 0.25) is 0 Å². The predicted molar refractivity (Wildman–Crippen MR) is 201 cm³/mol. The van der Waals surface area contributed by atoms with Crippen LogP contribution in [0, 0.1) is 5.92 Å². The van der Waals surface area contributed by atoms with Gasteiger partial charge >= 0.3 is 17.9 Å². The average Bonchev–Trinajstić information content (AvgIpc) is 3.08. The van der Waals surface area contributed by atoms with Crippen molar-refractivity contribution in [3.05, 3.63) is 0 Å². The quantitative estimate of drug-likeness (QED) is 0.0369. The summed E-state index contributed by atoms with van der Waals surface area (Å²) in [6.45, 7) is 8.90. The van der Waals surface area contributed by atoms with Gasteiger partial charge < -0.3 is 14.2 Å². The van der Waals surface area contributed by atoms with E-state index in [2.05, 4.69) is 27.7 Å². The molecule has 0 aromatic carbocycles. The summed E-state index contributed by atoms with van der Waals surface area (Å²) in [5.74, 6) is 0.0150. The molecule has 6 heteroatoms. The summed E-state index contributed by atoms with van der Waals surface area (Å²) < 4.78 is 16.5. The van der Waals surface area contributed by atoms with Gasteiger partial charge in [0.05, 0.1) is 0 Å². The van der Waals surface area contributed by atoms with Crippen LogP contribution in [0.5, 0.6) is 0 Å². The zero-order chi connectivity index (χ0) is 35.3. The van der Waals surface area contributed by atoms with Crippen molar-refractivity contribution in [2.24, 2.45) is 5.92 Å². The topological polar surface area (TPSA) is 78.9 Å². The molecule has 0 aliphatic carbocycles. The summed E-state index contributed by atoms with van der Waals surface area (Å²) in [5.41, 5.74) is 0. The maximum absolute atomic E-state index is 12.5. The van der Waals surface area contributed by atoms with Crippen LogP contribution < -0.4 is 0 Å². The molecular formula is C42H80O6. The number of rotatable bonds is 37. The first-order valence-electron chi connectivity index (χ1n) is 20.9. The summed E-state index contributed by atoms with van der Waals surface area (Å²) in [4.78, 5) is 37.2. The minimum atomic E-state index is -0.755. The second kappa shape index (κ2) is 36.7. The fourth-order valence-electron chi connectivity index (χ4n) is 6.06. The number of carbonyl (C=O) groups is 3. The molecule has 0 aliphatic heterocycles. The summed E-state index contributed by atoms with van der Waals surface area (Å²) in [5, 5.41) is 0. The highest BCUT2D eigenvalue weighted by atomic mass is 16.6. The van der Waals surface area contributed by atoms with Gasteiger partial charge in [-0.1, -0.05) is 188 Å². The molecule has 0 rings (SSSR count). The molecule has 0 fully saturated rings. The number of hydrogen-bond acceptors (Lipinski definition) is 6. The molecule has 0 bridgehead atoms. The summed E-state index contributed by atoms with van der Waals surface area (Å²) in [7, 11) is 0. The van der Waals surface area contributed by atoms with Gasteiger partial charge in [0.1, 0.15) is 13.2 Å². The molecule has 0 amide bonds. The third-order valence-electron chi connectivity index (χ3n) is 9.65. The normalized spacial score (nSPS) is 12.5. The molecule has 0 spiro atoms. The summed E-state index contributed by atoms with van der Waals surface area (Å²) in [6.07, 6.45) is 34.1. The van der Waals surface area contributed by atoms with Crippen molar-refractivity contribution in [1.29, 1.82) is 0 Å². The van der Waals surface area contributed by atoms with E-state index in [1.807, 2.05) is 0 Å². The van der Waals surface area contributed by atoms with E-state index in [4.69, 9.17) is 14.2 Å². The summed E-state index contributed by atoms with van der Waals surface area (Å²) in [6, 6.07) is 0. The van der Waals surface area contributed by atoms with Crippen LogP contribution in [0.1, 0.15) is 227 Å². The van der Waals surface area contributed by atoms with Crippen LogP contribution in [0.3, 0.4) is 0 Å². The maximum atomic E-state index is 12.5. The van der Waals surface area contributed by atoms with Gasteiger partial charge in [-0.3, -0.25) is 14.4 Å². The molecule has 0 radical (unpaired) electrons. The van der Waals surface area contributed by atoms with Gasteiger partial charge in [0.2, 0.25) is 0 Å². The monoisotopic (exact) mass is 681 g/mol. The van der Waals surface area contributed by atoms with Crippen LogP contribution in [0.15, 0.2) is 0 Å². The van der Waals surface area contributed by atoms with Gasteiger partial charge in [-0.15, -0.1) is 0 Å². The fourth-order valence-corrected chi connectivity index (χ4v) is 6.06. The second-order valence-electron chi connectivity index (χ2n) is 14.5. The van der Waals surface area contributed by atoms with E-state index in [0.717, 1.165) is 70.1 Å². The Balaban J connectivity index is 4.08. The molecular weight excluding hydrogens is 600 g/mol. The standard InChI is InChI=1S/C42H80O6/c1-5-8-10-12-21-27-31-35-42(45)48-39(36-46-40(43)33-29-24-11-9-6-2)37-47-41(44)34-30-26-23-20-18-16-14-13-15-17-19-22-25-28-32-38(4)7-3/h38-39H,5-37H2,1-4H3/t38?,39-/m1/s1. The molecule has 48 heavy (non-hydrogen) atoms. The fraction of sp³-hybridized carbons (Fsp3) is 0.929. The minimum absolute atomic E-state index is 0.0659. The second-order valence-corrected chi connectivity index (χ2v) is 14.5. The molecule has 0 saturated carbocycles. The lowest BCUT2D eigenvalue weighted by Gasteiger charge is -2.18. The highest BCUT2D eigenvalue weighted by molar-refractivity contribution is 5.71. The number of hydrogen-bond donors (Lipinski definition) is 0. The Labute approximate surface area is 298 Å². The Hall–Kier alpha value is -1.59. The van der Waals surface area contributed by atoms with E-state index in [9.17, 15) is 14.4 Å². The van der Waals surface area contributed by atoms with Crippen LogP contribution in [-0.2, 0) is 28.6 Å². The number of ether oxygens (including phenoxy) is 3. The highest BCUT2D eigenvalue weighted by Gasteiger charge is 2.19. The van der Waals surface area contributed by atoms with E-state index in [1.54, 1.807) is 0 Å². The van der Waals surface area contributed by atoms with E-state index in [-0.39, 0.29) is 31.1 Å². The molecule has 6 nitrogen and oxygen atoms in total. The van der Waals surface area contributed by atoms with E-state index in [1.165, 1.54) is 116 Å². The Morgan fingerprint density at radius 3 is 1.08 bits per heavy atom. The smallest absolute Gasteiger partial charge is 0.306 e. The number of esters is 3. The number of unbranched alkanes of at least 4 members (excludes halogenated alkanes) is 23. The van der Waals surface area contributed by atoms with Crippen molar-refractivity contribution >= 4 is 17.9 Å². The Morgan fingerprint density at radius 2 is 0.729 bits per heavy atom. The molecule has 1 unspecified atom stereocenters. The van der Waals surface area contributed by atoms with Crippen molar-refractivity contribution in [3.8, 4) is 0 Å². The molecule has 284 valence electrons. The Bertz CT molecular complexity index is 723. The van der Waals surface area contributed by atoms with Crippen LogP contribution in [0.4, 0.5) is 0 Å². The molecule has 0 saturated heterocycles. The lowest BCUT2D eigenvalue weighted by molar-refractivity contribution is -0.167. The Kier molecular flexibility index (Phi) is 35.5. The minimum Gasteiger partial charge on any atom is -0.462 e. The Morgan fingerprint density at radius 1 is 0.417 bits per heavy atom. The first kappa shape index (κ1) is 46.4. The lowest BCUT2D eigenvalue weighted by atomic mass is 9.99. The van der Waals surface area contributed by atoms with Gasteiger partial charge in [0.25, 0.3) is 0 Å². The van der Waals surface area contributed by atoms with Gasteiger partial charge in [-0.2, -0.15) is 0 Å². The molecule has 0 heterocycles. The zero-order valence-corrected chi connectivity index (χ0v) is 32.4. The van der Waals surface area contributed by atoms with Gasteiger partial charge in [-0.05, 0) is 25.2 Å². The third kappa shape index (κ3) is 34.3. The SMILES string of the molecule is CCCCCCCCCC(=O)O[C@H](COC(=O)CCCCCCC)COC(=O)CCCCCCCCCCCCCCCCC(C)CC. The van der Waals surface area contributed by atoms with Crippen molar-refractivity contribution in [2.45, 2.75) is 233 Å². The van der Waals surface area contributed by atoms with Crippen molar-refractivity contribution < 1.29 is 28.6 Å². The summed E-state index contributed by atoms with van der Waals surface area (Å²) >= 11 is 0. The van der Waals surface area contributed by atoms with Gasteiger partial charge in [-0.25, -0.2) is 0 Å². The van der Waals surface area contributed by atoms with E-state index < -0.39 is 6.10 Å². The average molecular weight is 681 g/mol. The molecule has 2 atom stereocenters. The van der Waals surface area contributed by atoms with E-state index in [0.29, 0.717) is 19.3 Å². The third-order valence-corrected chi connectivity index (χ3v) is 9.65. The molecule has 0 N–H and O–H groups in total. The lowest BCUT2D eigenvalue weighted by Crippen LogP contribution is -2.30. The van der Waals surface area contributed by atoms with Gasteiger partial charge in [0.15, 0.2) is 6.10 Å². The number of carbonyl (C=O) groups excluding carboxylic acids is 3. The van der Waals surface area contributed by atoms with Crippen LogP contribution in [-0.4, -0.2) is 37.2 Å².